The van der Waals surface area contributed by atoms with Crippen molar-refractivity contribution in [3.05, 3.63) is 42.0 Å². The first-order valence-electron chi connectivity index (χ1n) is 4.71. The lowest BCUT2D eigenvalue weighted by molar-refractivity contribution is 0.820. The summed E-state index contributed by atoms with van der Waals surface area (Å²) in [4.78, 5) is 0. The zero-order valence-corrected chi connectivity index (χ0v) is 8.20. The molecule has 14 heavy (non-hydrogen) atoms. The maximum Gasteiger partial charge on any atom is 0.0320 e. The van der Waals surface area contributed by atoms with Crippen molar-refractivity contribution < 1.29 is 0 Å². The maximum absolute atomic E-state index is 5.81. The highest BCUT2D eigenvalue weighted by Gasteiger charge is 2.00. The van der Waals surface area contributed by atoms with Gasteiger partial charge in [0.25, 0.3) is 0 Å². The molecule has 0 fully saturated rings. The molecule has 0 amide bonds. The van der Waals surface area contributed by atoms with E-state index in [0.29, 0.717) is 0 Å². The summed E-state index contributed by atoms with van der Waals surface area (Å²) in [6.07, 6.45) is 0. The Morgan fingerprint density at radius 2 is 1.64 bits per heavy atom. The lowest BCUT2D eigenvalue weighted by Gasteiger charge is -2.07. The molecule has 2 rings (SSSR count). The van der Waals surface area contributed by atoms with E-state index in [1.807, 2.05) is 31.2 Å². The molecule has 2 aromatic rings. The van der Waals surface area contributed by atoms with E-state index >= 15 is 0 Å². The fourth-order valence-electron chi connectivity index (χ4n) is 1.57. The summed E-state index contributed by atoms with van der Waals surface area (Å²) in [5.74, 6) is 0. The molecule has 0 saturated heterocycles. The zero-order chi connectivity index (χ0) is 10.1. The number of rotatable bonds is 1. The van der Waals surface area contributed by atoms with Crippen molar-refractivity contribution in [2.75, 3.05) is 5.73 Å². The molecule has 0 spiro atoms. The minimum absolute atomic E-state index is 0.0805. The third-order valence-electron chi connectivity index (χ3n) is 2.41. The summed E-state index contributed by atoms with van der Waals surface area (Å²) in [7, 11) is 0. The molecule has 1 atom stereocenters. The third kappa shape index (κ3) is 1.56. The van der Waals surface area contributed by atoms with Gasteiger partial charge in [-0.2, -0.15) is 0 Å². The second-order valence-corrected chi connectivity index (χ2v) is 3.65. The molecule has 0 aliphatic rings. The van der Waals surface area contributed by atoms with Gasteiger partial charge in [-0.05, 0) is 41.5 Å². The second kappa shape index (κ2) is 3.31. The van der Waals surface area contributed by atoms with Crippen molar-refractivity contribution in [1.29, 1.82) is 0 Å². The van der Waals surface area contributed by atoms with Crippen LogP contribution in [0.1, 0.15) is 18.5 Å². The monoisotopic (exact) mass is 186 g/mol. The zero-order valence-electron chi connectivity index (χ0n) is 8.20. The van der Waals surface area contributed by atoms with Crippen LogP contribution in [0.3, 0.4) is 0 Å². The number of nitrogen functional groups attached to an aromatic ring is 1. The van der Waals surface area contributed by atoms with Gasteiger partial charge < -0.3 is 11.5 Å². The van der Waals surface area contributed by atoms with E-state index in [4.69, 9.17) is 11.5 Å². The van der Waals surface area contributed by atoms with Crippen LogP contribution in [0.25, 0.3) is 10.8 Å². The van der Waals surface area contributed by atoms with Gasteiger partial charge in [0.1, 0.15) is 0 Å². The Hall–Kier alpha value is -1.54. The quantitative estimate of drug-likeness (QED) is 0.672. The van der Waals surface area contributed by atoms with Crippen LogP contribution >= 0.6 is 0 Å². The van der Waals surface area contributed by atoms with E-state index in [1.54, 1.807) is 0 Å². The highest BCUT2D eigenvalue weighted by atomic mass is 14.6. The van der Waals surface area contributed by atoms with Gasteiger partial charge in [0.2, 0.25) is 0 Å². The number of nitrogens with two attached hydrogens (primary N) is 2. The molecule has 0 bridgehead atoms. The van der Waals surface area contributed by atoms with Crippen molar-refractivity contribution in [1.82, 2.24) is 0 Å². The molecule has 2 nitrogen and oxygen atoms in total. The van der Waals surface area contributed by atoms with Gasteiger partial charge in [-0.3, -0.25) is 0 Å². The first-order valence-corrected chi connectivity index (χ1v) is 4.71. The minimum Gasteiger partial charge on any atom is -0.399 e. The molecular weight excluding hydrogens is 172 g/mol. The Balaban J connectivity index is 2.62. The summed E-state index contributed by atoms with van der Waals surface area (Å²) in [5.41, 5.74) is 13.5. The van der Waals surface area contributed by atoms with E-state index in [0.717, 1.165) is 16.6 Å². The molecule has 4 N–H and O–H groups in total. The maximum atomic E-state index is 5.81. The van der Waals surface area contributed by atoms with Crippen LogP contribution in [0.15, 0.2) is 36.4 Å². The van der Waals surface area contributed by atoms with Gasteiger partial charge in [-0.1, -0.05) is 18.2 Å². The predicted molar refractivity (Wildman–Crippen MR) is 61.0 cm³/mol. The fourth-order valence-corrected chi connectivity index (χ4v) is 1.57. The SMILES string of the molecule is CC(N)c1ccc2cc(N)ccc2c1. The van der Waals surface area contributed by atoms with Gasteiger partial charge in [0.15, 0.2) is 0 Å². The highest BCUT2D eigenvalue weighted by molar-refractivity contribution is 5.86. The summed E-state index contributed by atoms with van der Waals surface area (Å²) in [6.45, 7) is 1.98. The van der Waals surface area contributed by atoms with Crippen LogP contribution in [0.5, 0.6) is 0 Å². The Bertz CT molecular complexity index is 461. The summed E-state index contributed by atoms with van der Waals surface area (Å²) in [5, 5.41) is 2.35. The largest absolute Gasteiger partial charge is 0.399 e. The summed E-state index contributed by atoms with van der Waals surface area (Å²) < 4.78 is 0. The Labute approximate surface area is 83.5 Å². The lowest BCUT2D eigenvalue weighted by atomic mass is 10.0. The first kappa shape index (κ1) is 9.03. The molecule has 1 unspecified atom stereocenters. The van der Waals surface area contributed by atoms with Crippen molar-refractivity contribution in [3.63, 3.8) is 0 Å². The van der Waals surface area contributed by atoms with Crippen molar-refractivity contribution >= 4 is 16.5 Å². The van der Waals surface area contributed by atoms with Gasteiger partial charge in [-0.25, -0.2) is 0 Å². The van der Waals surface area contributed by atoms with E-state index < -0.39 is 0 Å². The number of benzene rings is 2. The second-order valence-electron chi connectivity index (χ2n) is 3.65. The third-order valence-corrected chi connectivity index (χ3v) is 2.41. The Morgan fingerprint density at radius 1 is 1.00 bits per heavy atom. The van der Waals surface area contributed by atoms with Crippen LogP contribution in [0, 0.1) is 0 Å². The van der Waals surface area contributed by atoms with E-state index in [-0.39, 0.29) is 6.04 Å². The van der Waals surface area contributed by atoms with E-state index in [1.165, 1.54) is 5.39 Å². The van der Waals surface area contributed by atoms with Crippen LogP contribution < -0.4 is 11.5 Å². The predicted octanol–water partition coefficient (Wildman–Crippen LogP) is 2.44. The van der Waals surface area contributed by atoms with Crippen LogP contribution in [0.2, 0.25) is 0 Å². The molecule has 0 aliphatic heterocycles. The number of anilines is 1. The molecule has 0 heterocycles. The average molecular weight is 186 g/mol. The van der Waals surface area contributed by atoms with Crippen molar-refractivity contribution in [2.45, 2.75) is 13.0 Å². The molecular formula is C12H14N2. The van der Waals surface area contributed by atoms with Crippen molar-refractivity contribution in [2.24, 2.45) is 5.73 Å². The van der Waals surface area contributed by atoms with E-state index in [9.17, 15) is 0 Å². The molecule has 0 aromatic heterocycles. The molecule has 72 valence electrons. The Kier molecular flexibility index (Phi) is 2.14. The summed E-state index contributed by atoms with van der Waals surface area (Å²) in [6, 6.07) is 12.2. The van der Waals surface area contributed by atoms with Gasteiger partial charge in [-0.15, -0.1) is 0 Å². The lowest BCUT2D eigenvalue weighted by Crippen LogP contribution is -2.04. The fraction of sp³-hybridized carbons (Fsp3) is 0.167. The Morgan fingerprint density at radius 3 is 2.36 bits per heavy atom. The first-order chi connectivity index (χ1) is 6.66. The molecule has 0 aliphatic carbocycles. The summed E-state index contributed by atoms with van der Waals surface area (Å²) >= 11 is 0. The topological polar surface area (TPSA) is 52.0 Å². The van der Waals surface area contributed by atoms with Gasteiger partial charge in [0, 0.05) is 11.7 Å². The van der Waals surface area contributed by atoms with Crippen LogP contribution in [0.4, 0.5) is 5.69 Å². The normalized spacial score (nSPS) is 13.0. The number of hydrogen-bond donors (Lipinski definition) is 2. The highest BCUT2D eigenvalue weighted by Crippen LogP contribution is 2.21. The molecule has 0 radical (unpaired) electrons. The minimum atomic E-state index is 0.0805. The van der Waals surface area contributed by atoms with Gasteiger partial charge >= 0.3 is 0 Å². The van der Waals surface area contributed by atoms with Gasteiger partial charge in [0.05, 0.1) is 0 Å². The average Bonchev–Trinajstić information content (AvgIpc) is 2.16. The van der Waals surface area contributed by atoms with E-state index in [2.05, 4.69) is 12.1 Å². The molecule has 2 heteroatoms. The molecule has 0 saturated carbocycles. The smallest absolute Gasteiger partial charge is 0.0320 e. The van der Waals surface area contributed by atoms with Crippen molar-refractivity contribution in [3.8, 4) is 0 Å². The standard InChI is InChI=1S/C12H14N2/c1-8(13)9-2-3-11-7-12(14)5-4-10(11)6-9/h2-8H,13-14H2,1H3. The molecule has 2 aromatic carbocycles. The number of fused-ring (bicyclic) bond motifs is 1. The number of hydrogen-bond acceptors (Lipinski definition) is 2. The van der Waals surface area contributed by atoms with Crippen LogP contribution in [-0.2, 0) is 0 Å². The van der Waals surface area contributed by atoms with Crippen LogP contribution in [-0.4, -0.2) is 0 Å².